The molecule has 0 aromatic rings. The van der Waals surface area contributed by atoms with E-state index in [0.29, 0.717) is 25.8 Å². The van der Waals surface area contributed by atoms with Crippen LogP contribution >= 0.6 is 0 Å². The fourth-order valence-electron chi connectivity index (χ4n) is 4.63. The lowest BCUT2D eigenvalue weighted by molar-refractivity contribution is -0.196. The van der Waals surface area contributed by atoms with Gasteiger partial charge in [0.15, 0.2) is 0 Å². The summed E-state index contributed by atoms with van der Waals surface area (Å²) in [6.07, 6.45) is -2.65. The fraction of sp³-hybridized carbons (Fsp3) is 0.882. The smallest absolute Gasteiger partial charge is 0.320 e. The molecule has 5 N–H and O–H groups in total. The van der Waals surface area contributed by atoms with Crippen LogP contribution < -0.4 is 21.7 Å². The molecule has 4 fully saturated rings. The second-order valence-corrected chi connectivity index (χ2v) is 7.96. The van der Waals surface area contributed by atoms with Gasteiger partial charge in [-0.3, -0.25) is 15.4 Å². The second-order valence-electron chi connectivity index (χ2n) is 7.96. The van der Waals surface area contributed by atoms with Gasteiger partial charge in [0.1, 0.15) is 18.5 Å². The van der Waals surface area contributed by atoms with Crippen LogP contribution in [0.3, 0.4) is 0 Å². The number of ether oxygens (including phenoxy) is 2. The number of alkyl halides is 2. The molecular weight excluding hydrogens is 376 g/mol. The van der Waals surface area contributed by atoms with E-state index in [2.05, 4.69) is 16.0 Å². The highest BCUT2D eigenvalue weighted by atomic mass is 19.3. The first-order valence-corrected chi connectivity index (χ1v) is 9.80. The predicted molar refractivity (Wildman–Crippen MR) is 93.0 cm³/mol. The van der Waals surface area contributed by atoms with Crippen LogP contribution in [0.1, 0.15) is 32.6 Å². The molecule has 0 radical (unpaired) electrons. The van der Waals surface area contributed by atoms with Crippen molar-refractivity contribution in [1.29, 1.82) is 0 Å². The van der Waals surface area contributed by atoms with Gasteiger partial charge in [-0.05, 0) is 32.7 Å². The minimum atomic E-state index is -3.12. The van der Waals surface area contributed by atoms with Gasteiger partial charge in [0.25, 0.3) is 5.92 Å². The molecule has 9 nitrogen and oxygen atoms in total. The number of nitrogens with two attached hydrogens (primary N) is 1. The molecular formula is C17H27F2N5O4. The van der Waals surface area contributed by atoms with E-state index in [1.165, 1.54) is 6.92 Å². The Labute approximate surface area is 161 Å². The van der Waals surface area contributed by atoms with Crippen molar-refractivity contribution in [1.82, 2.24) is 20.9 Å². The Kier molecular flexibility index (Phi) is 5.19. The highest BCUT2D eigenvalue weighted by Gasteiger charge is 2.52. The zero-order valence-electron chi connectivity index (χ0n) is 15.7. The highest BCUT2D eigenvalue weighted by molar-refractivity contribution is 5.79. The number of fused-ring (bicyclic) bond motifs is 3. The van der Waals surface area contributed by atoms with Gasteiger partial charge in [-0.15, -0.1) is 0 Å². The number of amides is 3. The number of carbonyl (C=O) groups is 2. The molecule has 4 aliphatic rings. The fourth-order valence-corrected chi connectivity index (χ4v) is 4.63. The van der Waals surface area contributed by atoms with Gasteiger partial charge in [0.2, 0.25) is 5.91 Å². The third-order valence-electron chi connectivity index (χ3n) is 6.24. The monoisotopic (exact) mass is 403 g/mol. The molecule has 0 aliphatic carbocycles. The van der Waals surface area contributed by atoms with Crippen molar-refractivity contribution in [3.8, 4) is 0 Å². The molecule has 0 aromatic heterocycles. The Morgan fingerprint density at radius 1 is 1.32 bits per heavy atom. The molecule has 4 aliphatic heterocycles. The minimum absolute atomic E-state index is 0.140. The van der Waals surface area contributed by atoms with Gasteiger partial charge >= 0.3 is 6.03 Å². The van der Waals surface area contributed by atoms with E-state index in [-0.39, 0.29) is 30.9 Å². The maximum atomic E-state index is 14.6. The standard InChI is InChI=1S/C17H27F2N5O4/c1-8-17(18,19)5-7-27-10-4-6-21-14-12(10)24(16(26)23-14)11-3-2-9(13(20)25)15(22-11)28-8/h8-12,14-15,21-22H,2-7H2,1H3,(H2,20,25)(H,23,26). The topological polar surface area (TPSA) is 118 Å². The Morgan fingerprint density at radius 3 is 2.86 bits per heavy atom. The third kappa shape index (κ3) is 3.44. The van der Waals surface area contributed by atoms with Crippen molar-refractivity contribution in [3.63, 3.8) is 0 Å². The number of urea groups is 1. The van der Waals surface area contributed by atoms with Crippen molar-refractivity contribution in [2.24, 2.45) is 11.7 Å². The van der Waals surface area contributed by atoms with Crippen LogP contribution in [0.4, 0.5) is 13.6 Å². The van der Waals surface area contributed by atoms with E-state index in [9.17, 15) is 18.4 Å². The molecule has 7 atom stereocenters. The van der Waals surface area contributed by atoms with Gasteiger partial charge < -0.3 is 25.4 Å². The lowest BCUT2D eigenvalue weighted by Gasteiger charge is -2.46. The molecule has 28 heavy (non-hydrogen) atoms. The summed E-state index contributed by atoms with van der Waals surface area (Å²) in [5.41, 5.74) is 5.47. The minimum Gasteiger partial charge on any atom is -0.376 e. The summed E-state index contributed by atoms with van der Waals surface area (Å²) in [6, 6.07) is -0.600. The number of hydrogen-bond acceptors (Lipinski definition) is 6. The van der Waals surface area contributed by atoms with Crippen LogP contribution in [0.15, 0.2) is 0 Å². The summed E-state index contributed by atoms with van der Waals surface area (Å²) >= 11 is 0. The molecule has 4 rings (SSSR count). The van der Waals surface area contributed by atoms with E-state index < -0.39 is 42.7 Å². The quantitative estimate of drug-likeness (QED) is 0.476. The van der Waals surface area contributed by atoms with Crippen LogP contribution in [-0.4, -0.2) is 72.7 Å². The first-order valence-electron chi connectivity index (χ1n) is 9.80. The molecule has 4 saturated heterocycles. The number of hydrogen-bond donors (Lipinski definition) is 4. The zero-order chi connectivity index (χ0) is 20.1. The van der Waals surface area contributed by atoms with Gasteiger partial charge in [0.05, 0.1) is 30.8 Å². The lowest BCUT2D eigenvalue weighted by Crippen LogP contribution is -2.65. The molecule has 0 saturated carbocycles. The van der Waals surface area contributed by atoms with Crippen LogP contribution in [0.25, 0.3) is 0 Å². The van der Waals surface area contributed by atoms with Crippen molar-refractivity contribution < 1.29 is 27.8 Å². The van der Waals surface area contributed by atoms with E-state index in [0.717, 1.165) is 0 Å². The summed E-state index contributed by atoms with van der Waals surface area (Å²) in [5, 5.41) is 9.22. The zero-order valence-corrected chi connectivity index (χ0v) is 15.7. The number of halogens is 2. The van der Waals surface area contributed by atoms with E-state index in [1.807, 2.05) is 0 Å². The van der Waals surface area contributed by atoms with E-state index in [4.69, 9.17) is 15.2 Å². The number of piperidine rings is 2. The van der Waals surface area contributed by atoms with Gasteiger partial charge in [0, 0.05) is 6.42 Å². The third-order valence-corrected chi connectivity index (χ3v) is 6.24. The van der Waals surface area contributed by atoms with Crippen molar-refractivity contribution in [2.45, 2.75) is 75.3 Å². The Hall–Kier alpha value is -1.56. The molecule has 3 amide bonds. The van der Waals surface area contributed by atoms with Crippen molar-refractivity contribution in [2.75, 3.05) is 13.2 Å². The number of nitrogens with zero attached hydrogens (tertiary/aromatic N) is 1. The van der Waals surface area contributed by atoms with Crippen molar-refractivity contribution in [3.05, 3.63) is 0 Å². The summed E-state index contributed by atoms with van der Waals surface area (Å²) in [5.74, 6) is -4.47. The largest absolute Gasteiger partial charge is 0.376 e. The number of nitrogens with one attached hydrogen (secondary N) is 3. The lowest BCUT2D eigenvalue weighted by atomic mass is 9.92. The van der Waals surface area contributed by atoms with Crippen LogP contribution in [0.2, 0.25) is 0 Å². The molecule has 7 unspecified atom stereocenters. The van der Waals surface area contributed by atoms with Crippen molar-refractivity contribution >= 4 is 11.9 Å². The SMILES string of the molecule is CC1OC2NC(CCC2C(N)=O)N2C(=O)NC3NCCC(OCCC1(F)F)C32. The molecule has 11 heteroatoms. The normalized spacial score (nSPS) is 43.3. The Bertz CT molecular complexity index is 639. The highest BCUT2D eigenvalue weighted by Crippen LogP contribution is 2.34. The predicted octanol–water partition coefficient (Wildman–Crippen LogP) is -0.334. The average molecular weight is 403 g/mol. The van der Waals surface area contributed by atoms with Gasteiger partial charge in [-0.1, -0.05) is 0 Å². The first kappa shape index (κ1) is 19.7. The molecule has 0 spiro atoms. The maximum Gasteiger partial charge on any atom is 0.320 e. The maximum absolute atomic E-state index is 14.6. The van der Waals surface area contributed by atoms with Gasteiger partial charge in [-0.25, -0.2) is 13.6 Å². The van der Waals surface area contributed by atoms with Gasteiger partial charge in [-0.2, -0.15) is 0 Å². The Morgan fingerprint density at radius 2 is 2.11 bits per heavy atom. The number of carbonyl (C=O) groups excluding carboxylic acids is 2. The van der Waals surface area contributed by atoms with Crippen LogP contribution in [-0.2, 0) is 14.3 Å². The first-order chi connectivity index (χ1) is 13.3. The number of rotatable bonds is 1. The molecule has 2 bridgehead atoms. The van der Waals surface area contributed by atoms with Crippen LogP contribution in [0.5, 0.6) is 0 Å². The second kappa shape index (κ2) is 7.36. The molecule has 158 valence electrons. The summed E-state index contributed by atoms with van der Waals surface area (Å²) in [7, 11) is 0. The molecule has 4 heterocycles. The van der Waals surface area contributed by atoms with E-state index in [1.54, 1.807) is 4.90 Å². The van der Waals surface area contributed by atoms with Crippen LogP contribution in [0, 0.1) is 5.92 Å². The summed E-state index contributed by atoms with van der Waals surface area (Å²) in [4.78, 5) is 26.2. The number of primary amides is 1. The summed E-state index contributed by atoms with van der Waals surface area (Å²) < 4.78 is 40.5. The molecule has 0 aromatic carbocycles. The summed E-state index contributed by atoms with van der Waals surface area (Å²) in [6.45, 7) is 1.76. The van der Waals surface area contributed by atoms with E-state index >= 15 is 0 Å². The Balaban J connectivity index is 1.66. The average Bonchev–Trinajstić information content (AvgIpc) is 2.97.